The van der Waals surface area contributed by atoms with Crippen LogP contribution in [0.25, 0.3) is 0 Å². The molecule has 1 N–H and O–H groups in total. The molecular formula is C8H21HfO4-3. The largest absolute Gasteiger partial charge is 0.855 e. The van der Waals surface area contributed by atoms with Gasteiger partial charge in [-0.1, -0.05) is 20.8 Å². The third-order valence-electron chi connectivity index (χ3n) is 0. The van der Waals surface area contributed by atoms with Crippen LogP contribution in [0.1, 0.15) is 27.7 Å². The van der Waals surface area contributed by atoms with Crippen LogP contribution in [0.15, 0.2) is 0 Å². The van der Waals surface area contributed by atoms with Crippen molar-refractivity contribution in [2.24, 2.45) is 0 Å². The zero-order valence-corrected chi connectivity index (χ0v) is 12.6. The van der Waals surface area contributed by atoms with Gasteiger partial charge in [0.25, 0.3) is 0 Å². The van der Waals surface area contributed by atoms with E-state index in [1.807, 2.05) is 0 Å². The maximum atomic E-state index is 8.93. The average molecular weight is 360 g/mol. The molecule has 0 bridgehead atoms. The monoisotopic (exact) mass is 361 g/mol. The molecule has 0 atom stereocenters. The van der Waals surface area contributed by atoms with Gasteiger partial charge in [0.2, 0.25) is 0 Å². The second-order valence-electron chi connectivity index (χ2n) is 1.18. The molecule has 0 aromatic heterocycles. The van der Waals surface area contributed by atoms with Crippen LogP contribution in [-0.2, 0) is 25.8 Å². The fraction of sp³-hybridized carbons (Fsp3) is 1.00. The summed E-state index contributed by atoms with van der Waals surface area (Å²) in [5.74, 6) is 0. The van der Waals surface area contributed by atoms with Crippen LogP contribution in [0.4, 0.5) is 0 Å². The number of hydrogen-bond acceptors (Lipinski definition) is 4. The fourth-order valence-corrected chi connectivity index (χ4v) is 0. The van der Waals surface area contributed by atoms with Gasteiger partial charge in [-0.3, -0.25) is 0 Å². The van der Waals surface area contributed by atoms with Crippen molar-refractivity contribution in [1.29, 1.82) is 0 Å². The van der Waals surface area contributed by atoms with Gasteiger partial charge in [-0.05, 0) is 6.92 Å². The van der Waals surface area contributed by atoms with E-state index < -0.39 is 0 Å². The van der Waals surface area contributed by atoms with E-state index in [0.29, 0.717) is 0 Å². The molecule has 0 heterocycles. The Bertz CT molecular complexity index is 24.1. The Morgan fingerprint density at radius 2 is 0.769 bits per heavy atom. The van der Waals surface area contributed by atoms with Crippen LogP contribution in [0.2, 0.25) is 0 Å². The van der Waals surface area contributed by atoms with Crippen LogP contribution in [0.3, 0.4) is 0 Å². The van der Waals surface area contributed by atoms with Crippen molar-refractivity contribution >= 4 is 0 Å². The molecule has 84 valence electrons. The number of rotatable bonds is 0. The van der Waals surface area contributed by atoms with Gasteiger partial charge in [-0.15, -0.1) is 19.8 Å². The van der Waals surface area contributed by atoms with Crippen molar-refractivity contribution in [3.8, 4) is 0 Å². The van der Waals surface area contributed by atoms with E-state index in [0.717, 1.165) is 0 Å². The van der Waals surface area contributed by atoms with Crippen molar-refractivity contribution in [3.63, 3.8) is 0 Å². The van der Waals surface area contributed by atoms with E-state index in [9.17, 15) is 0 Å². The smallest absolute Gasteiger partial charge is 0.0402 e. The maximum Gasteiger partial charge on any atom is 0.0402 e. The van der Waals surface area contributed by atoms with Crippen molar-refractivity contribution in [2.75, 3.05) is 26.4 Å². The molecule has 0 saturated carbocycles. The quantitative estimate of drug-likeness (QED) is 0.511. The Morgan fingerprint density at radius 3 is 0.769 bits per heavy atom. The summed E-state index contributed by atoms with van der Waals surface area (Å²) in [5.41, 5.74) is 0. The zero-order valence-electron chi connectivity index (χ0n) is 9.00. The molecule has 0 aliphatic rings. The SMILES string of the molecule is CCO.CC[O-].CC[O-].CC[O-].[Hf]. The first-order valence-corrected chi connectivity index (χ1v) is 4.01. The van der Waals surface area contributed by atoms with Crippen molar-refractivity contribution in [2.45, 2.75) is 27.7 Å². The molecule has 0 aromatic rings. The van der Waals surface area contributed by atoms with E-state index in [-0.39, 0.29) is 52.3 Å². The summed E-state index contributed by atoms with van der Waals surface area (Å²) in [4.78, 5) is 0. The summed E-state index contributed by atoms with van der Waals surface area (Å²) in [5, 5.41) is 34.4. The van der Waals surface area contributed by atoms with Crippen molar-refractivity contribution < 1.29 is 46.3 Å². The second-order valence-corrected chi connectivity index (χ2v) is 1.18. The maximum absolute atomic E-state index is 8.93. The van der Waals surface area contributed by atoms with E-state index in [1.54, 1.807) is 27.7 Å². The molecule has 0 fully saturated rings. The minimum absolute atomic E-state index is 0. The minimum atomic E-state index is 0. The van der Waals surface area contributed by atoms with Gasteiger partial charge in [-0.2, -0.15) is 0 Å². The normalized spacial score (nSPS) is 5.54. The van der Waals surface area contributed by atoms with Crippen LogP contribution in [0, 0.1) is 0 Å². The van der Waals surface area contributed by atoms with E-state index in [1.165, 1.54) is 0 Å². The molecular weight excluding hydrogens is 339 g/mol. The molecule has 13 heavy (non-hydrogen) atoms. The molecule has 0 radical (unpaired) electrons. The van der Waals surface area contributed by atoms with Gasteiger partial charge in [0.15, 0.2) is 0 Å². The molecule has 0 rings (SSSR count). The Morgan fingerprint density at radius 1 is 0.769 bits per heavy atom. The second kappa shape index (κ2) is 78.6. The first kappa shape index (κ1) is 29.2. The van der Waals surface area contributed by atoms with Crippen LogP contribution >= 0.6 is 0 Å². The average Bonchev–Trinajstić information content (AvgIpc) is 1.92. The molecule has 5 heteroatoms. The summed E-state index contributed by atoms with van der Waals surface area (Å²) in [6.07, 6.45) is 0. The molecule has 0 aliphatic heterocycles. The molecule has 0 amide bonds. The van der Waals surface area contributed by atoms with Crippen LogP contribution < -0.4 is 15.3 Å². The predicted octanol–water partition coefficient (Wildman–Crippen LogP) is -1.90. The number of aliphatic hydroxyl groups is 1. The number of aliphatic hydroxyl groups excluding tert-OH is 1. The summed E-state index contributed by atoms with van der Waals surface area (Å²) in [6.45, 7) is 6.64. The molecule has 0 spiro atoms. The van der Waals surface area contributed by atoms with E-state index in [4.69, 9.17) is 20.4 Å². The Kier molecular flexibility index (Phi) is 176. The topological polar surface area (TPSA) is 89.4 Å². The molecule has 0 aromatic carbocycles. The van der Waals surface area contributed by atoms with Gasteiger partial charge in [0, 0.05) is 32.5 Å². The van der Waals surface area contributed by atoms with Gasteiger partial charge in [0.05, 0.1) is 0 Å². The van der Waals surface area contributed by atoms with Crippen LogP contribution in [0.5, 0.6) is 0 Å². The first-order chi connectivity index (χ1) is 5.66. The number of hydrogen-bond donors (Lipinski definition) is 1. The summed E-state index contributed by atoms with van der Waals surface area (Å²) < 4.78 is 0. The summed E-state index contributed by atoms with van der Waals surface area (Å²) >= 11 is 0. The molecule has 0 aliphatic carbocycles. The van der Waals surface area contributed by atoms with Crippen molar-refractivity contribution in [3.05, 3.63) is 0 Å². The van der Waals surface area contributed by atoms with Crippen LogP contribution in [-0.4, -0.2) is 31.5 Å². The Hall–Kier alpha value is 0.710. The Labute approximate surface area is 100 Å². The van der Waals surface area contributed by atoms with Crippen molar-refractivity contribution in [1.82, 2.24) is 0 Å². The van der Waals surface area contributed by atoms with Gasteiger partial charge in [0.1, 0.15) is 0 Å². The summed E-state index contributed by atoms with van der Waals surface area (Å²) in [6, 6.07) is 0. The third-order valence-corrected chi connectivity index (χ3v) is 0. The first-order valence-electron chi connectivity index (χ1n) is 4.01. The van der Waals surface area contributed by atoms with E-state index in [2.05, 4.69) is 0 Å². The summed E-state index contributed by atoms with van der Waals surface area (Å²) in [7, 11) is 0. The van der Waals surface area contributed by atoms with Gasteiger partial charge < -0.3 is 20.4 Å². The van der Waals surface area contributed by atoms with Gasteiger partial charge in [-0.25, -0.2) is 0 Å². The molecule has 4 nitrogen and oxygen atoms in total. The zero-order chi connectivity index (χ0) is 10.8. The Balaban J connectivity index is -0.0000000213. The predicted molar refractivity (Wildman–Crippen MR) is 44.4 cm³/mol. The fourth-order valence-electron chi connectivity index (χ4n) is 0. The third kappa shape index (κ3) is 2890. The van der Waals surface area contributed by atoms with Gasteiger partial charge >= 0.3 is 0 Å². The van der Waals surface area contributed by atoms with E-state index >= 15 is 0 Å². The standard InChI is InChI=1S/C2H6O.3C2H5O.Hf/c4*1-2-3;/h3H,2H2,1H3;3*2H2,1H3;/q;3*-1;. The molecule has 0 saturated heterocycles. The minimum Gasteiger partial charge on any atom is -0.855 e. The molecule has 0 unspecified atom stereocenters.